The number of aliphatic carboxylic acids is 1. The summed E-state index contributed by atoms with van der Waals surface area (Å²) in [5, 5.41) is 13.2. The number of nitrogens with one attached hydrogen (secondary N) is 1. The second-order valence-electron chi connectivity index (χ2n) is 6.26. The van der Waals surface area contributed by atoms with E-state index in [1.165, 1.54) is 5.56 Å². The zero-order valence-electron chi connectivity index (χ0n) is 13.1. The molecule has 0 saturated carbocycles. The summed E-state index contributed by atoms with van der Waals surface area (Å²) in [6.07, 6.45) is 4.63. The maximum absolute atomic E-state index is 10.8. The van der Waals surface area contributed by atoms with Crippen molar-refractivity contribution in [3.05, 3.63) is 36.2 Å². The molecule has 0 spiro atoms. The molecule has 2 aromatic rings. The van der Waals surface area contributed by atoms with Gasteiger partial charge in [-0.1, -0.05) is 17.8 Å². The summed E-state index contributed by atoms with van der Waals surface area (Å²) in [6.45, 7) is 2.68. The van der Waals surface area contributed by atoms with Crippen LogP contribution in [0.2, 0.25) is 0 Å². The van der Waals surface area contributed by atoms with Crippen LogP contribution >= 0.6 is 11.8 Å². The number of hydrogen-bond acceptors (Lipinski definition) is 6. The lowest BCUT2D eigenvalue weighted by atomic mass is 10.1. The zero-order valence-corrected chi connectivity index (χ0v) is 13.9. The van der Waals surface area contributed by atoms with Crippen molar-refractivity contribution in [3.8, 4) is 0 Å². The minimum absolute atomic E-state index is 0.272. The summed E-state index contributed by atoms with van der Waals surface area (Å²) in [7, 11) is 0. The van der Waals surface area contributed by atoms with Crippen molar-refractivity contribution in [2.45, 2.75) is 29.3 Å². The molecule has 1 aromatic carbocycles. The van der Waals surface area contributed by atoms with Gasteiger partial charge in [0.15, 0.2) is 5.82 Å². The molecule has 1 unspecified atom stereocenters. The van der Waals surface area contributed by atoms with Crippen LogP contribution in [0, 0.1) is 5.92 Å². The monoisotopic (exact) mass is 342 g/mol. The molecule has 124 valence electrons. The second-order valence-corrected chi connectivity index (χ2v) is 7.29. The predicted molar refractivity (Wildman–Crippen MR) is 91.5 cm³/mol. The van der Waals surface area contributed by atoms with Crippen LogP contribution in [-0.4, -0.2) is 39.0 Å². The molecule has 2 aliphatic rings. The third kappa shape index (κ3) is 3.22. The van der Waals surface area contributed by atoms with Crippen LogP contribution in [0.5, 0.6) is 0 Å². The molecule has 0 radical (unpaired) electrons. The van der Waals surface area contributed by atoms with Crippen LogP contribution in [0.4, 0.5) is 11.5 Å². The van der Waals surface area contributed by atoms with Gasteiger partial charge in [0.25, 0.3) is 0 Å². The molecular formula is C17H18N4O2S. The van der Waals surface area contributed by atoms with Gasteiger partial charge in [-0.05, 0) is 36.6 Å². The van der Waals surface area contributed by atoms with Gasteiger partial charge in [-0.25, -0.2) is 9.97 Å². The fourth-order valence-corrected chi connectivity index (χ4v) is 4.19. The van der Waals surface area contributed by atoms with E-state index >= 15 is 0 Å². The highest BCUT2D eigenvalue weighted by Gasteiger charge is 2.25. The zero-order chi connectivity index (χ0) is 16.5. The molecule has 1 atom stereocenters. The summed E-state index contributed by atoms with van der Waals surface area (Å²) < 4.78 is 0. The fraction of sp³-hybridized carbons (Fsp3) is 0.353. The van der Waals surface area contributed by atoms with Gasteiger partial charge < -0.3 is 10.4 Å². The summed E-state index contributed by atoms with van der Waals surface area (Å²) >= 11 is 1.63. The largest absolute Gasteiger partial charge is 0.481 e. The van der Waals surface area contributed by atoms with Crippen LogP contribution in [0.25, 0.3) is 0 Å². The number of likely N-dealkylation sites (tertiary alicyclic amines) is 1. The molecule has 7 heteroatoms. The Bertz CT molecular complexity index is 783. The molecule has 0 amide bonds. The SMILES string of the molecule is O=C(O)CC1CCN(Cc2ccc3c(c2)Nc2nccnc2S3)C1. The fourth-order valence-electron chi connectivity index (χ4n) is 3.31. The number of carboxylic acid groups (broad SMARTS) is 1. The Morgan fingerprint density at radius 1 is 1.38 bits per heavy atom. The Hall–Kier alpha value is -2.12. The van der Waals surface area contributed by atoms with Crippen molar-refractivity contribution < 1.29 is 9.90 Å². The summed E-state index contributed by atoms with van der Waals surface area (Å²) in [5.41, 5.74) is 2.29. The van der Waals surface area contributed by atoms with E-state index < -0.39 is 5.97 Å². The van der Waals surface area contributed by atoms with Crippen molar-refractivity contribution in [1.29, 1.82) is 0 Å². The Labute approximate surface area is 144 Å². The molecule has 1 saturated heterocycles. The molecule has 24 heavy (non-hydrogen) atoms. The average Bonchev–Trinajstić information content (AvgIpc) is 2.99. The predicted octanol–water partition coefficient (Wildman–Crippen LogP) is 2.98. The summed E-state index contributed by atoms with van der Waals surface area (Å²) in [6, 6.07) is 6.41. The van der Waals surface area contributed by atoms with Crippen molar-refractivity contribution in [2.24, 2.45) is 5.92 Å². The minimum Gasteiger partial charge on any atom is -0.481 e. The Morgan fingerprint density at radius 2 is 2.25 bits per heavy atom. The molecule has 1 fully saturated rings. The Balaban J connectivity index is 1.44. The number of aromatic nitrogens is 2. The van der Waals surface area contributed by atoms with Gasteiger partial charge in [-0.15, -0.1) is 0 Å². The van der Waals surface area contributed by atoms with E-state index in [9.17, 15) is 4.79 Å². The van der Waals surface area contributed by atoms with E-state index in [2.05, 4.69) is 38.4 Å². The molecule has 4 rings (SSSR count). The van der Waals surface area contributed by atoms with Crippen molar-refractivity contribution in [3.63, 3.8) is 0 Å². The van der Waals surface area contributed by atoms with Crippen molar-refractivity contribution >= 4 is 29.2 Å². The maximum atomic E-state index is 10.8. The van der Waals surface area contributed by atoms with Gasteiger partial charge in [0, 0.05) is 36.8 Å². The van der Waals surface area contributed by atoms with E-state index in [0.717, 1.165) is 47.5 Å². The highest BCUT2D eigenvalue weighted by atomic mass is 32.2. The minimum atomic E-state index is -0.698. The lowest BCUT2D eigenvalue weighted by Crippen LogP contribution is -2.21. The first-order chi connectivity index (χ1) is 11.7. The van der Waals surface area contributed by atoms with E-state index in [-0.39, 0.29) is 12.3 Å². The molecule has 1 aromatic heterocycles. The number of hydrogen-bond donors (Lipinski definition) is 2. The standard InChI is InChI=1S/C17H18N4O2S/c22-15(23)8-12-3-6-21(10-12)9-11-1-2-14-13(7-11)20-16-17(24-14)19-5-4-18-16/h1-2,4-5,7,12H,3,6,8-10H2,(H,18,20)(H,22,23). The van der Waals surface area contributed by atoms with Gasteiger partial charge >= 0.3 is 5.97 Å². The maximum Gasteiger partial charge on any atom is 0.303 e. The first-order valence-corrected chi connectivity index (χ1v) is 8.82. The highest BCUT2D eigenvalue weighted by Crippen LogP contribution is 2.42. The quantitative estimate of drug-likeness (QED) is 0.754. The topological polar surface area (TPSA) is 78.4 Å². The molecule has 2 aliphatic heterocycles. The first-order valence-electron chi connectivity index (χ1n) is 8.00. The molecular weight excluding hydrogens is 324 g/mol. The van der Waals surface area contributed by atoms with Crippen molar-refractivity contribution in [2.75, 3.05) is 18.4 Å². The summed E-state index contributed by atoms with van der Waals surface area (Å²) in [4.78, 5) is 23.0. The number of nitrogens with zero attached hydrogens (tertiary/aromatic N) is 3. The second kappa shape index (κ2) is 6.41. The molecule has 6 nitrogen and oxygen atoms in total. The molecule has 2 N–H and O–H groups in total. The number of anilines is 2. The number of carbonyl (C=O) groups is 1. The van der Waals surface area contributed by atoms with Gasteiger partial charge in [0.1, 0.15) is 5.03 Å². The lowest BCUT2D eigenvalue weighted by Gasteiger charge is -2.21. The number of carboxylic acids is 1. The number of fused-ring (bicyclic) bond motifs is 2. The van der Waals surface area contributed by atoms with E-state index in [1.807, 2.05) is 0 Å². The molecule has 0 bridgehead atoms. The van der Waals surface area contributed by atoms with E-state index in [0.29, 0.717) is 0 Å². The van der Waals surface area contributed by atoms with Gasteiger partial charge in [-0.2, -0.15) is 0 Å². The smallest absolute Gasteiger partial charge is 0.303 e. The lowest BCUT2D eigenvalue weighted by molar-refractivity contribution is -0.138. The Morgan fingerprint density at radius 3 is 3.12 bits per heavy atom. The van der Waals surface area contributed by atoms with Crippen LogP contribution in [-0.2, 0) is 11.3 Å². The summed E-state index contributed by atoms with van der Waals surface area (Å²) in [5.74, 6) is 0.377. The third-order valence-corrected chi connectivity index (χ3v) is 5.48. The van der Waals surface area contributed by atoms with Crippen molar-refractivity contribution in [1.82, 2.24) is 14.9 Å². The van der Waals surface area contributed by atoms with Gasteiger partial charge in [0.2, 0.25) is 0 Å². The Kier molecular flexibility index (Phi) is 4.12. The average molecular weight is 342 g/mol. The van der Waals surface area contributed by atoms with Gasteiger partial charge in [-0.3, -0.25) is 9.69 Å². The third-order valence-electron chi connectivity index (χ3n) is 4.41. The highest BCUT2D eigenvalue weighted by molar-refractivity contribution is 7.99. The van der Waals surface area contributed by atoms with Gasteiger partial charge in [0.05, 0.1) is 5.69 Å². The van der Waals surface area contributed by atoms with Crippen LogP contribution in [0.15, 0.2) is 40.5 Å². The molecule has 3 heterocycles. The molecule has 0 aliphatic carbocycles. The first kappa shape index (κ1) is 15.4. The number of benzene rings is 1. The van der Waals surface area contributed by atoms with Crippen LogP contribution < -0.4 is 5.32 Å². The normalized spacial score (nSPS) is 19.4. The van der Waals surface area contributed by atoms with Crippen LogP contribution in [0.3, 0.4) is 0 Å². The number of rotatable bonds is 4. The van der Waals surface area contributed by atoms with E-state index in [1.54, 1.807) is 24.2 Å². The van der Waals surface area contributed by atoms with E-state index in [4.69, 9.17) is 5.11 Å². The van der Waals surface area contributed by atoms with Crippen LogP contribution in [0.1, 0.15) is 18.4 Å².